The molecule has 5 rings (SSSR count). The van der Waals surface area contributed by atoms with Crippen molar-refractivity contribution in [1.29, 1.82) is 0 Å². The highest BCUT2D eigenvalue weighted by molar-refractivity contribution is 7.89. The van der Waals surface area contributed by atoms with Crippen molar-refractivity contribution in [2.24, 2.45) is 11.8 Å². The second-order valence-corrected chi connectivity index (χ2v) is 12.0. The number of nitrogens with one attached hydrogen (secondary N) is 1. The molecule has 1 atom stereocenters. The minimum atomic E-state index is -3.70. The Morgan fingerprint density at radius 3 is 2.32 bits per heavy atom. The molecule has 1 N–H and O–H groups in total. The number of carbonyl (C=O) groups excluding carboxylic acids is 2. The van der Waals surface area contributed by atoms with Crippen LogP contribution < -0.4 is 19.7 Å². The predicted molar refractivity (Wildman–Crippen MR) is 139 cm³/mol. The number of piperidine rings is 1. The van der Waals surface area contributed by atoms with Crippen LogP contribution in [0, 0.1) is 11.8 Å². The zero-order valence-corrected chi connectivity index (χ0v) is 22.2. The molecule has 2 heterocycles. The smallest absolute Gasteiger partial charge is 0.243 e. The number of carbonyl (C=O) groups is 2. The number of nitrogens with zero attached hydrogens (tertiary/aromatic N) is 2. The number of ether oxygens (including phenoxy) is 2. The summed E-state index contributed by atoms with van der Waals surface area (Å²) in [5, 5.41) is 2.91. The van der Waals surface area contributed by atoms with Crippen molar-refractivity contribution in [3.8, 4) is 11.5 Å². The molecule has 198 valence electrons. The Morgan fingerprint density at radius 2 is 1.68 bits per heavy atom. The Kier molecular flexibility index (Phi) is 6.89. The third kappa shape index (κ3) is 4.92. The Bertz CT molecular complexity index is 1320. The van der Waals surface area contributed by atoms with Gasteiger partial charge >= 0.3 is 0 Å². The van der Waals surface area contributed by atoms with Gasteiger partial charge in [0.2, 0.25) is 21.8 Å². The first-order valence-electron chi connectivity index (χ1n) is 12.7. The molecule has 2 aliphatic heterocycles. The fraction of sp³-hybridized carbons (Fsp3) is 0.481. The van der Waals surface area contributed by atoms with E-state index in [1.807, 2.05) is 11.8 Å². The van der Waals surface area contributed by atoms with Gasteiger partial charge < -0.3 is 19.7 Å². The number of hydrogen-bond donors (Lipinski definition) is 1. The molecule has 0 unspecified atom stereocenters. The van der Waals surface area contributed by atoms with Gasteiger partial charge in [-0.05, 0) is 74.9 Å². The van der Waals surface area contributed by atoms with E-state index in [0.717, 1.165) is 24.1 Å². The largest absolute Gasteiger partial charge is 0.497 e. The van der Waals surface area contributed by atoms with Crippen LogP contribution in [0.3, 0.4) is 0 Å². The normalized spacial score (nSPS) is 20.4. The molecular weight excluding hydrogens is 494 g/mol. The molecule has 9 nitrogen and oxygen atoms in total. The van der Waals surface area contributed by atoms with Crippen LogP contribution in [0.15, 0.2) is 41.3 Å². The Balaban J connectivity index is 1.24. The van der Waals surface area contributed by atoms with Crippen molar-refractivity contribution in [1.82, 2.24) is 4.31 Å². The summed E-state index contributed by atoms with van der Waals surface area (Å²) in [6.45, 7) is 2.53. The SMILES string of the molecule is COc1ccc(NC(=O)C2CCN(S(=O)(=O)c3ccc4c(c3)C[C@H](C)N4C(=O)C3CC3)CC2)c(OC)c1. The molecule has 2 aromatic carbocycles. The fourth-order valence-electron chi connectivity index (χ4n) is 5.27. The fourth-order valence-corrected chi connectivity index (χ4v) is 6.80. The predicted octanol–water partition coefficient (Wildman–Crippen LogP) is 3.43. The van der Waals surface area contributed by atoms with Gasteiger partial charge in [0.1, 0.15) is 11.5 Å². The lowest BCUT2D eigenvalue weighted by molar-refractivity contribution is -0.121. The van der Waals surface area contributed by atoms with Crippen LogP contribution in [0.2, 0.25) is 0 Å². The van der Waals surface area contributed by atoms with Gasteiger partial charge in [0, 0.05) is 42.7 Å². The summed E-state index contributed by atoms with van der Waals surface area (Å²) in [7, 11) is -0.623. The summed E-state index contributed by atoms with van der Waals surface area (Å²) in [6.07, 6.45) is 3.37. The lowest BCUT2D eigenvalue weighted by atomic mass is 9.97. The monoisotopic (exact) mass is 527 g/mol. The van der Waals surface area contributed by atoms with E-state index in [1.54, 1.807) is 43.5 Å². The summed E-state index contributed by atoms with van der Waals surface area (Å²) in [5.41, 5.74) is 2.27. The third-order valence-electron chi connectivity index (χ3n) is 7.56. The summed E-state index contributed by atoms with van der Waals surface area (Å²) in [5.74, 6) is 0.914. The zero-order valence-electron chi connectivity index (χ0n) is 21.4. The Labute approximate surface area is 217 Å². The van der Waals surface area contributed by atoms with Crippen LogP contribution in [0.25, 0.3) is 0 Å². The number of benzene rings is 2. The van der Waals surface area contributed by atoms with Crippen molar-refractivity contribution in [3.63, 3.8) is 0 Å². The number of methoxy groups -OCH3 is 2. The molecule has 37 heavy (non-hydrogen) atoms. The highest BCUT2D eigenvalue weighted by atomic mass is 32.2. The van der Waals surface area contributed by atoms with E-state index in [4.69, 9.17) is 9.47 Å². The van der Waals surface area contributed by atoms with Gasteiger partial charge in [0.15, 0.2) is 0 Å². The number of hydrogen-bond acceptors (Lipinski definition) is 6. The number of rotatable bonds is 7. The molecule has 10 heteroatoms. The van der Waals surface area contributed by atoms with Gasteiger partial charge in [-0.15, -0.1) is 0 Å². The van der Waals surface area contributed by atoms with Crippen LogP contribution in [0.1, 0.15) is 38.2 Å². The van der Waals surface area contributed by atoms with Crippen LogP contribution >= 0.6 is 0 Å². The van der Waals surface area contributed by atoms with E-state index >= 15 is 0 Å². The van der Waals surface area contributed by atoms with Gasteiger partial charge in [-0.1, -0.05) is 0 Å². The summed E-state index contributed by atoms with van der Waals surface area (Å²) in [4.78, 5) is 27.7. The number of fused-ring (bicyclic) bond motifs is 1. The van der Waals surface area contributed by atoms with Gasteiger partial charge in [0.25, 0.3) is 0 Å². The van der Waals surface area contributed by atoms with Gasteiger partial charge in [0.05, 0.1) is 24.8 Å². The topological polar surface area (TPSA) is 105 Å². The maximum atomic E-state index is 13.4. The average Bonchev–Trinajstić information content (AvgIpc) is 3.70. The van der Waals surface area contributed by atoms with Crippen LogP contribution in [-0.2, 0) is 26.0 Å². The molecule has 2 fully saturated rings. The lowest BCUT2D eigenvalue weighted by Gasteiger charge is -2.30. The van der Waals surface area contributed by atoms with E-state index in [-0.39, 0.29) is 47.7 Å². The summed E-state index contributed by atoms with van der Waals surface area (Å²) >= 11 is 0. The quantitative estimate of drug-likeness (QED) is 0.592. The number of anilines is 2. The van der Waals surface area contributed by atoms with E-state index < -0.39 is 10.0 Å². The Hall–Kier alpha value is -3.11. The maximum Gasteiger partial charge on any atom is 0.243 e. The first kappa shape index (κ1) is 25.5. The first-order chi connectivity index (χ1) is 17.7. The molecule has 0 spiro atoms. The van der Waals surface area contributed by atoms with E-state index in [1.165, 1.54) is 11.4 Å². The molecule has 1 saturated heterocycles. The zero-order chi connectivity index (χ0) is 26.3. The van der Waals surface area contributed by atoms with Gasteiger partial charge in [-0.3, -0.25) is 9.59 Å². The van der Waals surface area contributed by atoms with Gasteiger partial charge in [-0.2, -0.15) is 4.31 Å². The molecule has 0 aromatic heterocycles. The van der Waals surface area contributed by atoms with E-state index in [9.17, 15) is 18.0 Å². The van der Waals surface area contributed by atoms with Crippen LogP contribution in [-0.4, -0.2) is 57.9 Å². The minimum Gasteiger partial charge on any atom is -0.497 e. The standard InChI is InChI=1S/C27H33N3O6S/c1-17-14-20-15-22(7-9-24(20)30(17)27(32)19-4-5-19)37(33,34)29-12-10-18(11-13-29)26(31)28-23-8-6-21(35-2)16-25(23)36-3/h6-9,15-19H,4-5,10-14H2,1-3H3,(H,28,31)/t17-/m0/s1. The summed E-state index contributed by atoms with van der Waals surface area (Å²) in [6, 6.07) is 10.3. The molecule has 2 aromatic rings. The second-order valence-electron chi connectivity index (χ2n) is 10.1. The van der Waals surface area contributed by atoms with Crippen molar-refractivity contribution in [2.45, 2.75) is 50.0 Å². The van der Waals surface area contributed by atoms with Crippen molar-refractivity contribution in [3.05, 3.63) is 42.0 Å². The highest BCUT2D eigenvalue weighted by Gasteiger charge is 2.40. The van der Waals surface area contributed by atoms with Crippen LogP contribution in [0.5, 0.6) is 11.5 Å². The Morgan fingerprint density at radius 1 is 0.946 bits per heavy atom. The first-order valence-corrected chi connectivity index (χ1v) is 14.2. The van der Waals surface area contributed by atoms with E-state index in [2.05, 4.69) is 5.32 Å². The number of amides is 2. The van der Waals surface area contributed by atoms with Crippen LogP contribution in [0.4, 0.5) is 11.4 Å². The molecule has 3 aliphatic rings. The van der Waals surface area contributed by atoms with Gasteiger partial charge in [-0.25, -0.2) is 8.42 Å². The van der Waals surface area contributed by atoms with Crippen molar-refractivity contribution < 1.29 is 27.5 Å². The second kappa shape index (κ2) is 9.98. The van der Waals surface area contributed by atoms with Crippen molar-refractivity contribution in [2.75, 3.05) is 37.5 Å². The maximum absolute atomic E-state index is 13.4. The average molecular weight is 528 g/mol. The molecular formula is C27H33N3O6S. The molecule has 1 saturated carbocycles. The highest BCUT2D eigenvalue weighted by Crippen LogP contribution is 2.40. The molecule has 1 aliphatic carbocycles. The third-order valence-corrected chi connectivity index (χ3v) is 9.45. The summed E-state index contributed by atoms with van der Waals surface area (Å²) < 4.78 is 38.9. The number of sulfonamides is 1. The minimum absolute atomic E-state index is 0.0274. The lowest BCUT2D eigenvalue weighted by Crippen LogP contribution is -2.41. The van der Waals surface area contributed by atoms with Crippen molar-refractivity contribution >= 4 is 33.2 Å². The van der Waals surface area contributed by atoms with E-state index in [0.29, 0.717) is 36.4 Å². The molecule has 0 radical (unpaired) electrons. The molecule has 2 amide bonds. The molecule has 0 bridgehead atoms.